The van der Waals surface area contributed by atoms with Crippen molar-refractivity contribution >= 4 is 46.8 Å². The maximum Gasteiger partial charge on any atom is 0.330 e. The second-order valence-corrected chi connectivity index (χ2v) is 7.94. The molecule has 2 atom stereocenters. The molecule has 0 spiro atoms. The maximum absolute atomic E-state index is 12.3. The number of carbonyl (C=O) groups is 2. The number of nitrogens with zero attached hydrogens (tertiary/aromatic N) is 1. The lowest BCUT2D eigenvalue weighted by Crippen LogP contribution is -2.46. The molecular formula is C15H15Cl2NO3S. The minimum Gasteiger partial charge on any atom is -0.459 e. The second kappa shape index (κ2) is 5.95. The lowest BCUT2D eigenvalue weighted by Gasteiger charge is -2.29. The van der Waals surface area contributed by atoms with E-state index in [0.29, 0.717) is 22.2 Å². The average Bonchev–Trinajstić information content (AvgIpc) is 2.97. The molecule has 7 heteroatoms. The van der Waals surface area contributed by atoms with E-state index in [9.17, 15) is 9.59 Å². The van der Waals surface area contributed by atoms with E-state index in [1.165, 1.54) is 0 Å². The molecule has 1 aromatic rings. The zero-order valence-electron chi connectivity index (χ0n) is 12.0. The molecule has 0 radical (unpaired) electrons. The minimum atomic E-state index is -0.493. The Morgan fingerprint density at radius 2 is 2.23 bits per heavy atom. The van der Waals surface area contributed by atoms with E-state index in [4.69, 9.17) is 27.9 Å². The topological polar surface area (TPSA) is 46.6 Å². The zero-order chi connectivity index (χ0) is 15.9. The van der Waals surface area contributed by atoms with Gasteiger partial charge in [-0.25, -0.2) is 4.79 Å². The summed E-state index contributed by atoms with van der Waals surface area (Å²) < 4.78 is 5.36. The highest BCUT2D eigenvalue weighted by molar-refractivity contribution is 8.01. The number of hydrogen-bond acceptors (Lipinski definition) is 4. The van der Waals surface area contributed by atoms with Crippen molar-refractivity contribution in [3.63, 3.8) is 0 Å². The Hall–Kier alpha value is -0.910. The molecule has 2 aliphatic heterocycles. The number of halogens is 2. The summed E-state index contributed by atoms with van der Waals surface area (Å²) in [7, 11) is 0. The Morgan fingerprint density at radius 1 is 1.45 bits per heavy atom. The normalized spacial score (nSPS) is 27.1. The summed E-state index contributed by atoms with van der Waals surface area (Å²) in [6.07, 6.45) is 1.28. The molecular weight excluding hydrogens is 345 g/mol. The van der Waals surface area contributed by atoms with E-state index in [1.54, 1.807) is 34.9 Å². The fraction of sp³-hybridized carbons (Fsp3) is 0.467. The molecule has 3 rings (SSSR count). The van der Waals surface area contributed by atoms with Crippen molar-refractivity contribution in [1.82, 2.24) is 4.90 Å². The Morgan fingerprint density at radius 3 is 2.95 bits per heavy atom. The van der Waals surface area contributed by atoms with Gasteiger partial charge in [0.15, 0.2) is 0 Å². The summed E-state index contributed by atoms with van der Waals surface area (Å²) >= 11 is 13.4. The molecule has 1 aromatic carbocycles. The van der Waals surface area contributed by atoms with Crippen LogP contribution in [0.25, 0.3) is 0 Å². The van der Waals surface area contributed by atoms with Crippen molar-refractivity contribution in [3.05, 3.63) is 33.8 Å². The van der Waals surface area contributed by atoms with Gasteiger partial charge in [0.25, 0.3) is 0 Å². The van der Waals surface area contributed by atoms with Gasteiger partial charge >= 0.3 is 5.97 Å². The van der Waals surface area contributed by atoms with Gasteiger partial charge in [0.2, 0.25) is 5.91 Å². The van der Waals surface area contributed by atoms with Crippen LogP contribution >= 0.6 is 35.0 Å². The van der Waals surface area contributed by atoms with E-state index in [0.717, 1.165) is 12.0 Å². The molecule has 2 aliphatic rings. The minimum absolute atomic E-state index is 0.0315. The van der Waals surface area contributed by atoms with Crippen LogP contribution in [0, 0.1) is 0 Å². The van der Waals surface area contributed by atoms with Crippen LogP contribution in [-0.2, 0) is 20.9 Å². The molecule has 2 fully saturated rings. The Kier molecular flexibility index (Phi) is 4.32. The zero-order valence-corrected chi connectivity index (χ0v) is 14.3. The highest BCUT2D eigenvalue weighted by Crippen LogP contribution is 2.47. The number of fused-ring (bicyclic) bond motifs is 1. The Balaban J connectivity index is 1.65. The van der Waals surface area contributed by atoms with Crippen molar-refractivity contribution in [2.24, 2.45) is 0 Å². The van der Waals surface area contributed by atoms with Crippen LogP contribution in [0.4, 0.5) is 0 Å². The first kappa shape index (κ1) is 16.0. The third-order valence-corrected chi connectivity index (χ3v) is 6.33. The quantitative estimate of drug-likeness (QED) is 0.775. The summed E-state index contributed by atoms with van der Waals surface area (Å²) in [4.78, 5) is 25.7. The third kappa shape index (κ3) is 2.82. The molecule has 0 aliphatic carbocycles. The van der Waals surface area contributed by atoms with Crippen molar-refractivity contribution < 1.29 is 14.3 Å². The molecule has 118 valence electrons. The number of amides is 1. The molecule has 0 saturated carbocycles. The van der Waals surface area contributed by atoms with Gasteiger partial charge in [-0.2, -0.15) is 0 Å². The van der Waals surface area contributed by atoms with E-state index in [1.807, 2.05) is 6.92 Å². The molecule has 0 unspecified atom stereocenters. The van der Waals surface area contributed by atoms with Gasteiger partial charge in [-0.15, -0.1) is 11.8 Å². The summed E-state index contributed by atoms with van der Waals surface area (Å²) in [5.74, 6) is 0.254. The number of benzene rings is 1. The van der Waals surface area contributed by atoms with E-state index >= 15 is 0 Å². The molecule has 2 heterocycles. The monoisotopic (exact) mass is 359 g/mol. The molecule has 0 bridgehead atoms. The molecule has 0 aromatic heterocycles. The van der Waals surface area contributed by atoms with Gasteiger partial charge in [-0.3, -0.25) is 4.79 Å². The standard InChI is InChI=1S/C15H15Cl2NO3S/c1-15-5-4-13(19)18(15)12(8-22-15)14(20)21-7-9-2-3-10(16)11(17)6-9/h2-3,6,12H,4-5,7-8H2,1H3/t12-,15+/m1/s1. The molecule has 4 nitrogen and oxygen atoms in total. The van der Waals surface area contributed by atoms with E-state index < -0.39 is 6.04 Å². The Labute approximate surface area is 143 Å². The molecule has 2 saturated heterocycles. The smallest absolute Gasteiger partial charge is 0.330 e. The van der Waals surface area contributed by atoms with Gasteiger partial charge in [0, 0.05) is 12.2 Å². The molecule has 22 heavy (non-hydrogen) atoms. The summed E-state index contributed by atoms with van der Waals surface area (Å²) in [5.41, 5.74) is 0.768. The van der Waals surface area contributed by atoms with Crippen LogP contribution in [0.15, 0.2) is 18.2 Å². The van der Waals surface area contributed by atoms with Gasteiger partial charge in [0.05, 0.1) is 14.9 Å². The second-order valence-electron chi connectivity index (χ2n) is 5.62. The van der Waals surface area contributed by atoms with Crippen LogP contribution in [0.1, 0.15) is 25.3 Å². The van der Waals surface area contributed by atoms with E-state index in [2.05, 4.69) is 0 Å². The van der Waals surface area contributed by atoms with E-state index in [-0.39, 0.29) is 23.4 Å². The third-order valence-electron chi connectivity index (χ3n) is 4.08. The van der Waals surface area contributed by atoms with Crippen molar-refractivity contribution in [2.45, 2.75) is 37.3 Å². The summed E-state index contributed by atoms with van der Waals surface area (Å²) in [5, 5.41) is 0.885. The van der Waals surface area contributed by atoms with Gasteiger partial charge in [-0.05, 0) is 31.0 Å². The fourth-order valence-electron chi connectivity index (χ4n) is 2.88. The first-order chi connectivity index (χ1) is 10.4. The lowest BCUT2D eigenvalue weighted by atomic mass is 10.2. The SMILES string of the molecule is C[C@]12CCC(=O)N1[C@@H](C(=O)OCc1ccc(Cl)c(Cl)c1)CS2. The number of esters is 1. The van der Waals surface area contributed by atoms with Crippen molar-refractivity contribution in [2.75, 3.05) is 5.75 Å². The number of thioether (sulfide) groups is 1. The first-order valence-corrected chi connectivity index (χ1v) is 8.71. The maximum atomic E-state index is 12.3. The van der Waals surface area contributed by atoms with Crippen molar-refractivity contribution in [1.29, 1.82) is 0 Å². The van der Waals surface area contributed by atoms with Crippen molar-refractivity contribution in [3.8, 4) is 0 Å². The largest absolute Gasteiger partial charge is 0.459 e. The average molecular weight is 360 g/mol. The highest BCUT2D eigenvalue weighted by Gasteiger charge is 2.53. The van der Waals surface area contributed by atoms with Gasteiger partial charge in [-0.1, -0.05) is 29.3 Å². The lowest BCUT2D eigenvalue weighted by molar-refractivity contribution is -0.154. The number of rotatable bonds is 3. The number of hydrogen-bond donors (Lipinski definition) is 0. The van der Waals surface area contributed by atoms with Crippen LogP contribution in [-0.4, -0.2) is 33.4 Å². The molecule has 0 N–H and O–H groups in total. The van der Waals surface area contributed by atoms with Crippen LogP contribution in [0.2, 0.25) is 10.0 Å². The number of ether oxygens (including phenoxy) is 1. The number of carbonyl (C=O) groups excluding carboxylic acids is 2. The fourth-order valence-corrected chi connectivity index (χ4v) is 4.61. The van der Waals surface area contributed by atoms with Crippen LogP contribution < -0.4 is 0 Å². The highest BCUT2D eigenvalue weighted by atomic mass is 35.5. The first-order valence-electron chi connectivity index (χ1n) is 6.97. The molecule has 1 amide bonds. The summed E-state index contributed by atoms with van der Waals surface area (Å²) in [6, 6.07) is 4.61. The Bertz CT molecular complexity index is 639. The van der Waals surface area contributed by atoms with Gasteiger partial charge in [0.1, 0.15) is 12.6 Å². The predicted octanol–water partition coefficient (Wildman–Crippen LogP) is 3.49. The predicted molar refractivity (Wildman–Crippen MR) is 87.0 cm³/mol. The van der Waals surface area contributed by atoms with Crippen LogP contribution in [0.3, 0.4) is 0 Å². The van der Waals surface area contributed by atoms with Gasteiger partial charge < -0.3 is 9.64 Å². The van der Waals surface area contributed by atoms with Crippen LogP contribution in [0.5, 0.6) is 0 Å². The summed E-state index contributed by atoms with van der Waals surface area (Å²) in [6.45, 7) is 2.13.